The van der Waals surface area contributed by atoms with Crippen molar-refractivity contribution in [3.8, 4) is 5.75 Å². The van der Waals surface area contributed by atoms with Crippen LogP contribution in [0, 0.1) is 13.8 Å². The molecule has 25 heavy (non-hydrogen) atoms. The second kappa shape index (κ2) is 7.35. The third kappa shape index (κ3) is 3.97. The number of hydrazone groups is 1. The normalized spacial score (nSPS) is 11.2. The van der Waals surface area contributed by atoms with Crippen molar-refractivity contribution in [1.82, 2.24) is 10.1 Å². The fraction of sp³-hybridized carbons (Fsp3) is 0.235. The second-order valence-electron chi connectivity index (χ2n) is 5.50. The molecule has 0 atom stereocenters. The van der Waals surface area contributed by atoms with Gasteiger partial charge in [-0.15, -0.1) is 11.3 Å². The van der Waals surface area contributed by atoms with Crippen molar-refractivity contribution >= 4 is 28.5 Å². The molecular formula is C17H19N5O2S. The van der Waals surface area contributed by atoms with Crippen molar-refractivity contribution in [1.29, 1.82) is 0 Å². The summed E-state index contributed by atoms with van der Waals surface area (Å²) in [5.74, 6) is 2.12. The maximum absolute atomic E-state index is 5.58. The standard InChI is InChI=1S/C17H19N5O2S/c1-10-14(11(2)24-22-10)7-13-6-12(4-5-15(13)23-3)8-19-21-17-20-16(18)9-25-17/h4-6,8-9H,7,18H2,1-3H3,(H,20,21). The monoisotopic (exact) mass is 357 g/mol. The number of methoxy groups -OCH3 is 1. The van der Waals surface area contributed by atoms with E-state index in [1.54, 1.807) is 18.7 Å². The molecule has 3 aromatic rings. The number of anilines is 2. The van der Waals surface area contributed by atoms with E-state index in [0.29, 0.717) is 17.4 Å². The van der Waals surface area contributed by atoms with Crippen LogP contribution >= 0.6 is 11.3 Å². The molecule has 2 heterocycles. The van der Waals surface area contributed by atoms with Crippen LogP contribution in [-0.4, -0.2) is 23.5 Å². The number of nitrogens with two attached hydrogens (primary N) is 1. The van der Waals surface area contributed by atoms with Crippen LogP contribution in [-0.2, 0) is 6.42 Å². The summed E-state index contributed by atoms with van der Waals surface area (Å²) >= 11 is 1.40. The van der Waals surface area contributed by atoms with Gasteiger partial charge in [0, 0.05) is 17.4 Å². The van der Waals surface area contributed by atoms with Gasteiger partial charge in [-0.25, -0.2) is 4.98 Å². The molecule has 0 spiro atoms. The van der Waals surface area contributed by atoms with Gasteiger partial charge in [-0.3, -0.25) is 5.43 Å². The fourth-order valence-corrected chi connectivity index (χ4v) is 3.01. The summed E-state index contributed by atoms with van der Waals surface area (Å²) in [7, 11) is 1.66. The highest BCUT2D eigenvalue weighted by Gasteiger charge is 2.13. The Morgan fingerprint density at radius 1 is 1.40 bits per heavy atom. The molecular weight excluding hydrogens is 338 g/mol. The SMILES string of the molecule is COc1ccc(C=NNc2nc(N)cs2)cc1Cc1c(C)noc1C. The molecule has 0 amide bonds. The minimum atomic E-state index is 0.480. The molecule has 130 valence electrons. The van der Waals surface area contributed by atoms with Crippen LogP contribution < -0.4 is 15.9 Å². The molecule has 3 rings (SSSR count). The van der Waals surface area contributed by atoms with E-state index in [4.69, 9.17) is 15.0 Å². The number of ether oxygens (including phenoxy) is 1. The van der Waals surface area contributed by atoms with Crippen molar-refractivity contribution in [2.24, 2.45) is 5.10 Å². The number of thiazole rings is 1. The molecule has 7 nitrogen and oxygen atoms in total. The number of aromatic nitrogens is 2. The highest BCUT2D eigenvalue weighted by molar-refractivity contribution is 7.14. The highest BCUT2D eigenvalue weighted by atomic mass is 32.1. The first-order chi connectivity index (χ1) is 12.1. The zero-order chi connectivity index (χ0) is 17.8. The van der Waals surface area contributed by atoms with E-state index in [2.05, 4.69) is 20.7 Å². The largest absolute Gasteiger partial charge is 0.496 e. The van der Waals surface area contributed by atoms with Crippen LogP contribution in [0.4, 0.5) is 10.9 Å². The fourth-order valence-electron chi connectivity index (χ4n) is 2.46. The second-order valence-corrected chi connectivity index (χ2v) is 6.36. The molecule has 3 N–H and O–H groups in total. The van der Waals surface area contributed by atoms with E-state index < -0.39 is 0 Å². The van der Waals surface area contributed by atoms with Crippen LogP contribution in [0.1, 0.15) is 28.1 Å². The van der Waals surface area contributed by atoms with E-state index in [-0.39, 0.29) is 0 Å². The number of nitrogens with zero attached hydrogens (tertiary/aromatic N) is 3. The van der Waals surface area contributed by atoms with Crippen LogP contribution in [0.15, 0.2) is 33.2 Å². The molecule has 0 saturated heterocycles. The van der Waals surface area contributed by atoms with E-state index in [1.807, 2.05) is 32.0 Å². The molecule has 0 aliphatic heterocycles. The Kier molecular flexibility index (Phi) is 4.99. The third-order valence-electron chi connectivity index (χ3n) is 3.75. The van der Waals surface area contributed by atoms with Gasteiger partial charge in [0.1, 0.15) is 17.3 Å². The Morgan fingerprint density at radius 2 is 2.24 bits per heavy atom. The molecule has 0 aliphatic carbocycles. The van der Waals surface area contributed by atoms with Gasteiger partial charge in [0.15, 0.2) is 0 Å². The van der Waals surface area contributed by atoms with Gasteiger partial charge in [-0.1, -0.05) is 5.16 Å². The Labute approximate surface area is 149 Å². The van der Waals surface area contributed by atoms with Gasteiger partial charge in [-0.2, -0.15) is 5.10 Å². The van der Waals surface area contributed by atoms with E-state index in [9.17, 15) is 0 Å². The van der Waals surface area contributed by atoms with Crippen LogP contribution in [0.2, 0.25) is 0 Å². The van der Waals surface area contributed by atoms with E-state index in [0.717, 1.165) is 33.9 Å². The summed E-state index contributed by atoms with van der Waals surface area (Å²) in [6.45, 7) is 3.85. The van der Waals surface area contributed by atoms with Crippen molar-refractivity contribution in [2.75, 3.05) is 18.3 Å². The lowest BCUT2D eigenvalue weighted by molar-refractivity contribution is 0.392. The molecule has 0 radical (unpaired) electrons. The van der Waals surface area contributed by atoms with Gasteiger partial charge in [0.25, 0.3) is 0 Å². The van der Waals surface area contributed by atoms with Crippen molar-refractivity contribution in [3.05, 3.63) is 51.7 Å². The zero-order valence-corrected chi connectivity index (χ0v) is 15.1. The lowest BCUT2D eigenvalue weighted by atomic mass is 10.0. The minimum Gasteiger partial charge on any atom is -0.496 e. The summed E-state index contributed by atoms with van der Waals surface area (Å²) in [6, 6.07) is 5.90. The molecule has 0 aliphatic rings. The van der Waals surface area contributed by atoms with Crippen molar-refractivity contribution < 1.29 is 9.26 Å². The first kappa shape index (κ1) is 17.0. The summed E-state index contributed by atoms with van der Waals surface area (Å²) in [4.78, 5) is 4.09. The van der Waals surface area contributed by atoms with Gasteiger partial charge in [-0.05, 0) is 43.2 Å². The lowest BCUT2D eigenvalue weighted by Gasteiger charge is -2.09. The number of benzene rings is 1. The molecule has 1 aromatic carbocycles. The van der Waals surface area contributed by atoms with Crippen molar-refractivity contribution in [3.63, 3.8) is 0 Å². The predicted molar refractivity (Wildman–Crippen MR) is 99.5 cm³/mol. The first-order valence-corrected chi connectivity index (χ1v) is 8.53. The van der Waals surface area contributed by atoms with Crippen LogP contribution in [0.3, 0.4) is 0 Å². The zero-order valence-electron chi connectivity index (χ0n) is 14.2. The molecule has 0 bridgehead atoms. The van der Waals surface area contributed by atoms with Gasteiger partial charge in [0.2, 0.25) is 5.13 Å². The third-order valence-corrected chi connectivity index (χ3v) is 4.51. The summed E-state index contributed by atoms with van der Waals surface area (Å²) < 4.78 is 10.7. The Morgan fingerprint density at radius 3 is 2.88 bits per heavy atom. The van der Waals surface area contributed by atoms with Gasteiger partial charge in [0.05, 0.1) is 19.0 Å². The first-order valence-electron chi connectivity index (χ1n) is 7.65. The van der Waals surface area contributed by atoms with E-state index >= 15 is 0 Å². The van der Waals surface area contributed by atoms with Gasteiger partial charge >= 0.3 is 0 Å². The van der Waals surface area contributed by atoms with Gasteiger partial charge < -0.3 is 15.0 Å². The number of nitrogen functional groups attached to an aromatic ring is 1. The summed E-state index contributed by atoms with van der Waals surface area (Å²) in [5, 5.41) is 10.6. The quantitative estimate of drug-likeness (QED) is 0.518. The molecule has 0 fully saturated rings. The Bertz CT molecular complexity index is 881. The van der Waals surface area contributed by atoms with Crippen LogP contribution in [0.5, 0.6) is 5.75 Å². The van der Waals surface area contributed by atoms with Crippen LogP contribution in [0.25, 0.3) is 0 Å². The Balaban J connectivity index is 1.79. The molecule has 0 saturated carbocycles. The van der Waals surface area contributed by atoms with Crippen molar-refractivity contribution in [2.45, 2.75) is 20.3 Å². The Hall–Kier alpha value is -2.87. The highest BCUT2D eigenvalue weighted by Crippen LogP contribution is 2.25. The topological polar surface area (TPSA) is 98.6 Å². The van der Waals surface area contributed by atoms with E-state index in [1.165, 1.54) is 11.3 Å². The number of rotatable bonds is 6. The number of hydrogen-bond donors (Lipinski definition) is 2. The summed E-state index contributed by atoms with van der Waals surface area (Å²) in [6.07, 6.45) is 2.41. The number of hydrogen-bond acceptors (Lipinski definition) is 8. The summed E-state index contributed by atoms with van der Waals surface area (Å²) in [5.41, 5.74) is 12.4. The smallest absolute Gasteiger partial charge is 0.205 e. The number of nitrogens with one attached hydrogen (secondary N) is 1. The average Bonchev–Trinajstić information content (AvgIpc) is 3.15. The minimum absolute atomic E-state index is 0.480. The molecule has 8 heteroatoms. The predicted octanol–water partition coefficient (Wildman–Crippen LogP) is 3.38. The molecule has 2 aromatic heterocycles. The maximum atomic E-state index is 5.58. The molecule has 0 unspecified atom stereocenters. The lowest BCUT2D eigenvalue weighted by Crippen LogP contribution is -1.98. The maximum Gasteiger partial charge on any atom is 0.205 e. The number of aryl methyl sites for hydroxylation is 2. The average molecular weight is 357 g/mol.